The first-order valence-corrected chi connectivity index (χ1v) is 3.00. The Hall–Kier alpha value is 0.558. The van der Waals surface area contributed by atoms with E-state index in [1.165, 1.54) is 0 Å². The van der Waals surface area contributed by atoms with Gasteiger partial charge in [0.15, 0.2) is 5.12 Å². The quantitative estimate of drug-likeness (QED) is 0.399. The molecule has 10 heavy (non-hydrogen) atoms. The minimum absolute atomic E-state index is 0. The van der Waals surface area contributed by atoms with Gasteiger partial charge in [-0.05, 0) is 0 Å². The van der Waals surface area contributed by atoms with Crippen molar-refractivity contribution in [3.8, 4) is 0 Å². The molecule has 0 aliphatic rings. The van der Waals surface area contributed by atoms with Crippen molar-refractivity contribution in [1.82, 2.24) is 0 Å². The Bertz CT molecular complexity index is 138. The second-order valence-electron chi connectivity index (χ2n) is 1.43. The van der Waals surface area contributed by atoms with E-state index in [9.17, 15) is 9.59 Å². The van der Waals surface area contributed by atoms with Crippen molar-refractivity contribution in [2.75, 3.05) is 0 Å². The molecule has 0 saturated heterocycles. The maximum Gasteiger partial charge on any atom is 0.188 e. The van der Waals surface area contributed by atoms with Crippen molar-refractivity contribution >= 4 is 35.5 Å². The molecule has 3 nitrogen and oxygen atoms in total. The summed E-state index contributed by atoms with van der Waals surface area (Å²) in [7, 11) is 0. The predicted octanol–water partition coefficient (Wildman–Crippen LogP) is -0.735. The van der Waals surface area contributed by atoms with Crippen LogP contribution in [0, 0.1) is 0 Å². The number of carbonyl (C=O) groups is 2. The molecule has 6 heteroatoms. The van der Waals surface area contributed by atoms with Gasteiger partial charge >= 0.3 is 0 Å². The van der Waals surface area contributed by atoms with Gasteiger partial charge in [-0.2, -0.15) is 0 Å². The van der Waals surface area contributed by atoms with Crippen LogP contribution >= 0.6 is 12.6 Å². The molecule has 1 unspecified atom stereocenters. The van der Waals surface area contributed by atoms with Crippen LogP contribution in [-0.4, -0.2) is 21.4 Å². The first-order chi connectivity index (χ1) is 4.04. The Morgan fingerprint density at radius 2 is 2.00 bits per heavy atom. The Morgan fingerprint density at radius 1 is 1.60 bits per heavy atom. The molecule has 0 saturated carbocycles. The number of carbonyl (C=O) groups excluding carboxylic acids is 2. The molecule has 0 rings (SSSR count). The third kappa shape index (κ3) is 6.68. The van der Waals surface area contributed by atoms with Gasteiger partial charge < -0.3 is 22.5 Å². The van der Waals surface area contributed by atoms with Crippen LogP contribution in [0.4, 0.5) is 0 Å². The van der Waals surface area contributed by atoms with Gasteiger partial charge in [-0.25, -0.2) is 0 Å². The van der Waals surface area contributed by atoms with Gasteiger partial charge in [-0.3, -0.25) is 4.79 Å². The molecule has 0 aromatic rings. The molecule has 0 bridgehead atoms. The van der Waals surface area contributed by atoms with Crippen molar-refractivity contribution in [3.05, 3.63) is 0 Å². The summed E-state index contributed by atoms with van der Waals surface area (Å²) in [6, 6.07) is 0. The smallest absolute Gasteiger partial charge is 0.188 e. The number of aliphatic hydroxyl groups excluding tert-OH is 1. The molecule has 1 atom stereocenters. The van der Waals surface area contributed by atoms with Gasteiger partial charge in [0, 0.05) is 32.6 Å². The number of hydrogen-bond donors (Lipinski definition) is 2. The summed E-state index contributed by atoms with van der Waals surface area (Å²) in [5.41, 5.74) is 0. The van der Waals surface area contributed by atoms with E-state index in [-0.39, 0.29) is 27.5 Å². The average Bonchev–Trinajstić information content (AvgIpc) is 1.63. The summed E-state index contributed by atoms with van der Waals surface area (Å²) in [5.74, 6) is 0. The molecule has 0 aliphatic heterocycles. The second-order valence-corrected chi connectivity index (χ2v) is 2.33. The van der Waals surface area contributed by atoms with Crippen molar-refractivity contribution in [2.24, 2.45) is 0 Å². The first kappa shape index (κ1) is 13.2. The zero-order valence-corrected chi connectivity index (χ0v) is 8.53. The molecule has 0 aliphatic carbocycles. The molecule has 0 fully saturated rings. The predicted molar refractivity (Wildman–Crippen MR) is 37.0 cm³/mol. The van der Waals surface area contributed by atoms with Crippen molar-refractivity contribution in [2.45, 2.75) is 12.5 Å². The molecule has 0 radical (unpaired) electrons. The molecule has 1 N–H and O–H groups in total. The normalized spacial score (nSPS) is 11.4. The van der Waals surface area contributed by atoms with E-state index in [0.29, 0.717) is 0 Å². The van der Waals surface area contributed by atoms with Crippen LogP contribution in [0.2, 0.25) is 0 Å². The standard InChI is InChI=1S/C4H6O3S2.Mo/c5-2(4(7)9)1-3(6)8;/h2,5H,1H2,(H,6,8)(H,7,9);/p-1. The van der Waals surface area contributed by atoms with Crippen LogP contribution in [0.25, 0.3) is 0 Å². The molecule has 0 aromatic carbocycles. The van der Waals surface area contributed by atoms with Gasteiger partial charge in [-0.1, -0.05) is 0 Å². The molecule has 58 valence electrons. The summed E-state index contributed by atoms with van der Waals surface area (Å²) >= 11 is 7.38. The maximum atomic E-state index is 10.1. The van der Waals surface area contributed by atoms with E-state index in [2.05, 4.69) is 25.3 Å². The zero-order chi connectivity index (χ0) is 7.44. The van der Waals surface area contributed by atoms with E-state index in [4.69, 9.17) is 5.11 Å². The number of thiol groups is 1. The molecule has 0 heterocycles. The SMILES string of the molecule is O=C(S)CC(O)C(=O)[S-].[Mo]. The Kier molecular flexibility index (Phi) is 8.27. The fourth-order valence-corrected chi connectivity index (χ4v) is 0.505. The summed E-state index contributed by atoms with van der Waals surface area (Å²) in [5, 5.41) is 7.21. The van der Waals surface area contributed by atoms with Crippen molar-refractivity contribution in [1.29, 1.82) is 0 Å². The molecule has 0 aromatic heterocycles. The van der Waals surface area contributed by atoms with Crippen LogP contribution < -0.4 is 0 Å². The van der Waals surface area contributed by atoms with E-state index in [1.54, 1.807) is 0 Å². The van der Waals surface area contributed by atoms with Gasteiger partial charge in [-0.15, -0.1) is 12.6 Å². The average molecular weight is 261 g/mol. The molecular weight excluding hydrogens is 256 g/mol. The summed E-state index contributed by atoms with van der Waals surface area (Å²) in [6.45, 7) is 0. The van der Waals surface area contributed by atoms with Crippen LogP contribution in [-0.2, 0) is 43.3 Å². The topological polar surface area (TPSA) is 54.4 Å². The maximum absolute atomic E-state index is 10.1. The minimum atomic E-state index is -1.36. The number of aliphatic hydroxyl groups is 1. The van der Waals surface area contributed by atoms with Crippen LogP contribution in [0.1, 0.15) is 6.42 Å². The third-order valence-electron chi connectivity index (χ3n) is 0.640. The molecule has 0 spiro atoms. The van der Waals surface area contributed by atoms with Crippen molar-refractivity contribution in [3.63, 3.8) is 0 Å². The van der Waals surface area contributed by atoms with Crippen LogP contribution in [0.5, 0.6) is 0 Å². The second kappa shape index (κ2) is 6.28. The van der Waals surface area contributed by atoms with E-state index in [0.717, 1.165) is 0 Å². The molecule has 0 amide bonds. The van der Waals surface area contributed by atoms with Crippen molar-refractivity contribution < 1.29 is 35.8 Å². The number of hydrogen-bond acceptors (Lipinski definition) is 4. The number of rotatable bonds is 3. The Balaban J connectivity index is 0. The van der Waals surface area contributed by atoms with Gasteiger partial charge in [0.1, 0.15) is 0 Å². The van der Waals surface area contributed by atoms with E-state index in [1.807, 2.05) is 0 Å². The zero-order valence-electron chi connectivity index (χ0n) is 4.81. The van der Waals surface area contributed by atoms with Gasteiger partial charge in [0.2, 0.25) is 0 Å². The summed E-state index contributed by atoms with van der Waals surface area (Å²) < 4.78 is 0. The monoisotopic (exact) mass is 263 g/mol. The minimum Gasteiger partial charge on any atom is -0.739 e. The van der Waals surface area contributed by atoms with E-state index < -0.39 is 16.3 Å². The fourth-order valence-electron chi connectivity index (χ4n) is 0.249. The summed E-state index contributed by atoms with van der Waals surface area (Å²) in [6.07, 6.45) is -1.66. The Morgan fingerprint density at radius 3 is 2.10 bits per heavy atom. The van der Waals surface area contributed by atoms with Gasteiger partial charge in [0.25, 0.3) is 0 Å². The van der Waals surface area contributed by atoms with Crippen LogP contribution in [0.3, 0.4) is 0 Å². The molecular formula is C4H5MoO3S2-. The van der Waals surface area contributed by atoms with E-state index >= 15 is 0 Å². The summed E-state index contributed by atoms with van der Waals surface area (Å²) in [4.78, 5) is 20.1. The van der Waals surface area contributed by atoms with Gasteiger partial charge in [0.05, 0.1) is 6.10 Å². The Labute approximate surface area is 83.6 Å². The third-order valence-corrected chi connectivity index (χ3v) is 1.09. The fraction of sp³-hybridized carbons (Fsp3) is 0.500. The largest absolute Gasteiger partial charge is 0.739 e. The van der Waals surface area contributed by atoms with Crippen LogP contribution in [0.15, 0.2) is 0 Å². The first-order valence-electron chi connectivity index (χ1n) is 2.14.